The maximum absolute atomic E-state index is 12.7. The van der Waals surface area contributed by atoms with Crippen molar-refractivity contribution in [2.24, 2.45) is 7.05 Å². The summed E-state index contributed by atoms with van der Waals surface area (Å²) in [5.74, 6) is 0.0975. The van der Waals surface area contributed by atoms with Crippen LogP contribution in [0.2, 0.25) is 5.02 Å². The summed E-state index contributed by atoms with van der Waals surface area (Å²) in [7, 11) is -2.13. The number of anilines is 1. The maximum Gasteiger partial charge on any atom is 0.266 e. The number of aryl methyl sites for hydroxylation is 2. The number of rotatable bonds is 5. The van der Waals surface area contributed by atoms with Gasteiger partial charge in [0.25, 0.3) is 10.0 Å². The lowest BCUT2D eigenvalue weighted by molar-refractivity contribution is 0.599. The number of hydrogen-bond donors (Lipinski definition) is 1. The third-order valence-corrected chi connectivity index (χ3v) is 5.71. The van der Waals surface area contributed by atoms with Gasteiger partial charge in [-0.2, -0.15) is 10.2 Å². The van der Waals surface area contributed by atoms with E-state index in [0.717, 1.165) is 5.56 Å². The fourth-order valence-corrected chi connectivity index (χ4v) is 4.35. The molecule has 0 amide bonds. The second-order valence-electron chi connectivity index (χ2n) is 5.74. The van der Waals surface area contributed by atoms with Crippen LogP contribution in [0.25, 0.3) is 0 Å². The van der Waals surface area contributed by atoms with Crippen LogP contribution >= 0.6 is 11.6 Å². The smallest absolute Gasteiger partial charge is 0.266 e. The molecule has 0 aliphatic rings. The zero-order valence-electron chi connectivity index (χ0n) is 14.1. The topological polar surface area (TPSA) is 81.8 Å². The van der Waals surface area contributed by atoms with Gasteiger partial charge in [0.05, 0.1) is 17.9 Å². The first-order chi connectivity index (χ1) is 11.8. The normalized spacial score (nSPS) is 11.7. The van der Waals surface area contributed by atoms with E-state index in [2.05, 4.69) is 14.9 Å². The Morgan fingerprint density at radius 1 is 1.16 bits per heavy atom. The molecule has 3 rings (SSSR count). The van der Waals surface area contributed by atoms with Crippen LogP contribution in [0, 0.1) is 13.8 Å². The van der Waals surface area contributed by atoms with E-state index in [-0.39, 0.29) is 15.7 Å². The lowest BCUT2D eigenvalue weighted by Gasteiger charge is -2.06. The van der Waals surface area contributed by atoms with Crippen molar-refractivity contribution < 1.29 is 8.42 Å². The Hall–Kier alpha value is -2.32. The number of nitrogens with zero attached hydrogens (tertiary/aromatic N) is 4. The largest absolute Gasteiger partial charge is 0.271 e. The Morgan fingerprint density at radius 2 is 1.84 bits per heavy atom. The van der Waals surface area contributed by atoms with Crippen LogP contribution in [0.5, 0.6) is 0 Å². The quantitative estimate of drug-likeness (QED) is 0.739. The monoisotopic (exact) mass is 379 g/mol. The highest BCUT2D eigenvalue weighted by molar-refractivity contribution is 7.92. The Bertz CT molecular complexity index is 1010. The van der Waals surface area contributed by atoms with E-state index in [0.29, 0.717) is 17.9 Å². The van der Waals surface area contributed by atoms with Gasteiger partial charge in [0.15, 0.2) is 5.82 Å². The first-order valence-electron chi connectivity index (χ1n) is 7.58. The second kappa shape index (κ2) is 6.53. The molecule has 2 aromatic heterocycles. The summed E-state index contributed by atoms with van der Waals surface area (Å²) in [4.78, 5) is 0.142. The predicted octanol–water partition coefficient (Wildman–Crippen LogP) is 2.74. The maximum atomic E-state index is 12.7. The molecule has 3 aromatic rings. The minimum absolute atomic E-state index is 0.0975. The van der Waals surface area contributed by atoms with Crippen LogP contribution in [0.3, 0.4) is 0 Å². The summed E-state index contributed by atoms with van der Waals surface area (Å²) in [5.41, 5.74) is 2.01. The van der Waals surface area contributed by atoms with Gasteiger partial charge in [0.1, 0.15) is 9.92 Å². The van der Waals surface area contributed by atoms with E-state index in [1.54, 1.807) is 31.8 Å². The molecule has 9 heteroatoms. The van der Waals surface area contributed by atoms with Gasteiger partial charge in [-0.15, -0.1) is 0 Å². The molecule has 0 spiro atoms. The molecule has 0 radical (unpaired) electrons. The first kappa shape index (κ1) is 17.5. The summed E-state index contributed by atoms with van der Waals surface area (Å²) in [6.07, 6.45) is 1.59. The van der Waals surface area contributed by atoms with Gasteiger partial charge >= 0.3 is 0 Å². The average Bonchev–Trinajstić information content (AvgIpc) is 2.99. The van der Waals surface area contributed by atoms with Gasteiger partial charge < -0.3 is 0 Å². The summed E-state index contributed by atoms with van der Waals surface area (Å²) < 4.78 is 31.0. The minimum atomic E-state index is -3.83. The zero-order valence-corrected chi connectivity index (χ0v) is 15.6. The third-order valence-electron chi connectivity index (χ3n) is 3.85. The molecule has 1 aromatic carbocycles. The molecular weight excluding hydrogens is 362 g/mol. The molecule has 0 saturated carbocycles. The molecule has 0 unspecified atom stereocenters. The fourth-order valence-electron chi connectivity index (χ4n) is 2.64. The molecule has 132 valence electrons. The molecule has 7 nitrogen and oxygen atoms in total. The average molecular weight is 380 g/mol. The fraction of sp³-hybridized carbons (Fsp3) is 0.250. The molecule has 0 saturated heterocycles. The molecule has 0 atom stereocenters. The Balaban J connectivity index is 1.88. The molecule has 2 heterocycles. The van der Waals surface area contributed by atoms with E-state index < -0.39 is 10.0 Å². The van der Waals surface area contributed by atoms with E-state index >= 15 is 0 Å². The Labute approximate surface area is 151 Å². The number of halogens is 1. The van der Waals surface area contributed by atoms with E-state index in [1.807, 2.05) is 30.3 Å². The van der Waals surface area contributed by atoms with Gasteiger partial charge in [-0.1, -0.05) is 41.9 Å². The molecule has 0 aliphatic carbocycles. The summed E-state index contributed by atoms with van der Waals surface area (Å²) in [6.45, 7) is 3.84. The first-order valence-corrected chi connectivity index (χ1v) is 9.44. The van der Waals surface area contributed by atoms with Gasteiger partial charge in [-0.3, -0.25) is 14.1 Å². The SMILES string of the molecule is Cc1nn(C)c(C)c1S(=O)(=O)Nc1nn(Cc2ccccc2)cc1Cl. The summed E-state index contributed by atoms with van der Waals surface area (Å²) in [6, 6.07) is 9.71. The highest BCUT2D eigenvalue weighted by Gasteiger charge is 2.25. The van der Waals surface area contributed by atoms with Gasteiger partial charge in [0.2, 0.25) is 0 Å². The van der Waals surface area contributed by atoms with Crippen molar-refractivity contribution in [3.05, 3.63) is 58.5 Å². The van der Waals surface area contributed by atoms with Crippen LogP contribution in [0.15, 0.2) is 41.4 Å². The standard InChI is InChI=1S/C16H18ClN5O2S/c1-11-15(12(2)21(3)18-11)25(23,24)20-16-14(17)10-22(19-16)9-13-7-5-4-6-8-13/h4-8,10H,9H2,1-3H3,(H,19,20). The number of hydrogen-bond acceptors (Lipinski definition) is 4. The van der Waals surface area contributed by atoms with Crippen LogP contribution in [0.4, 0.5) is 5.82 Å². The number of sulfonamides is 1. The number of aromatic nitrogens is 4. The van der Waals surface area contributed by atoms with Crippen molar-refractivity contribution in [2.75, 3.05) is 4.72 Å². The predicted molar refractivity (Wildman–Crippen MR) is 96.3 cm³/mol. The molecular formula is C16H18ClN5O2S. The minimum Gasteiger partial charge on any atom is -0.271 e. The van der Waals surface area contributed by atoms with Crippen molar-refractivity contribution in [3.8, 4) is 0 Å². The summed E-state index contributed by atoms with van der Waals surface area (Å²) in [5, 5.41) is 8.62. The van der Waals surface area contributed by atoms with Crippen LogP contribution in [-0.2, 0) is 23.6 Å². The van der Waals surface area contributed by atoms with Crippen molar-refractivity contribution in [1.29, 1.82) is 0 Å². The lowest BCUT2D eigenvalue weighted by Crippen LogP contribution is -2.16. The lowest BCUT2D eigenvalue weighted by atomic mass is 10.2. The second-order valence-corrected chi connectivity index (χ2v) is 7.76. The van der Waals surface area contributed by atoms with E-state index in [9.17, 15) is 8.42 Å². The zero-order chi connectivity index (χ0) is 18.2. The highest BCUT2D eigenvalue weighted by Crippen LogP contribution is 2.26. The van der Waals surface area contributed by atoms with E-state index in [1.165, 1.54) is 4.68 Å². The van der Waals surface area contributed by atoms with Crippen LogP contribution in [0.1, 0.15) is 17.0 Å². The van der Waals surface area contributed by atoms with Crippen molar-refractivity contribution in [1.82, 2.24) is 19.6 Å². The Morgan fingerprint density at radius 3 is 2.44 bits per heavy atom. The molecule has 25 heavy (non-hydrogen) atoms. The van der Waals surface area contributed by atoms with Crippen molar-refractivity contribution in [2.45, 2.75) is 25.3 Å². The molecule has 1 N–H and O–H groups in total. The highest BCUT2D eigenvalue weighted by atomic mass is 35.5. The molecule has 0 aliphatic heterocycles. The molecule has 0 fully saturated rings. The Kier molecular flexibility index (Phi) is 4.57. The van der Waals surface area contributed by atoms with Crippen molar-refractivity contribution in [3.63, 3.8) is 0 Å². The van der Waals surface area contributed by atoms with E-state index in [4.69, 9.17) is 11.6 Å². The molecule has 0 bridgehead atoms. The van der Waals surface area contributed by atoms with Gasteiger partial charge in [-0.05, 0) is 19.4 Å². The number of nitrogens with one attached hydrogen (secondary N) is 1. The van der Waals surface area contributed by atoms with Crippen LogP contribution in [-0.4, -0.2) is 28.0 Å². The number of benzene rings is 1. The van der Waals surface area contributed by atoms with Crippen molar-refractivity contribution >= 4 is 27.4 Å². The van der Waals surface area contributed by atoms with Gasteiger partial charge in [0, 0.05) is 13.2 Å². The third kappa shape index (κ3) is 3.54. The van der Waals surface area contributed by atoms with Crippen LogP contribution < -0.4 is 4.72 Å². The van der Waals surface area contributed by atoms with Gasteiger partial charge in [-0.25, -0.2) is 8.42 Å². The summed E-state index contributed by atoms with van der Waals surface area (Å²) >= 11 is 6.16.